The van der Waals surface area contributed by atoms with E-state index in [2.05, 4.69) is 6.92 Å². The van der Waals surface area contributed by atoms with Gasteiger partial charge in [-0.05, 0) is 67.7 Å². The van der Waals surface area contributed by atoms with Crippen molar-refractivity contribution in [1.29, 1.82) is 0 Å². The summed E-state index contributed by atoms with van der Waals surface area (Å²) in [5, 5.41) is 0. The monoisotopic (exact) mass is 288 g/mol. The molecule has 2 nitrogen and oxygen atoms in total. The van der Waals surface area contributed by atoms with Gasteiger partial charge in [-0.2, -0.15) is 0 Å². The minimum atomic E-state index is -1.44. The van der Waals surface area contributed by atoms with Gasteiger partial charge in [0.15, 0.2) is 11.5 Å². The van der Waals surface area contributed by atoms with Crippen molar-refractivity contribution in [2.75, 3.05) is 0 Å². The molecule has 0 unspecified atom stereocenters. The molecule has 0 saturated heterocycles. The van der Waals surface area contributed by atoms with E-state index in [4.69, 9.17) is 0 Å². The Morgan fingerprint density at radius 1 is 1.14 bits per heavy atom. The molecule has 112 valence electrons. The van der Waals surface area contributed by atoms with Crippen LogP contribution in [-0.4, -0.2) is 17.2 Å². The van der Waals surface area contributed by atoms with E-state index in [9.17, 15) is 9.59 Å². The Morgan fingerprint density at radius 3 is 2.76 bits per heavy atom. The zero-order chi connectivity index (χ0) is 14.8. The molecule has 4 rings (SSSR count). The first-order valence-electron chi connectivity index (χ1n) is 8.11. The summed E-state index contributed by atoms with van der Waals surface area (Å²) in [6.45, 7) is 2.10. The lowest BCUT2D eigenvalue weighted by atomic mass is 9.52. The van der Waals surface area contributed by atoms with Crippen molar-refractivity contribution in [3.8, 4) is 0 Å². The molecule has 0 aromatic carbocycles. The SMILES string of the molecule is C[C@]12CC[C@H]3[C@@H](CCC4=CC(=O)C=C[C@@]43F)[C@@H]1CCC2=O. The van der Waals surface area contributed by atoms with E-state index in [1.54, 1.807) is 0 Å². The van der Waals surface area contributed by atoms with Crippen molar-refractivity contribution in [3.05, 3.63) is 23.8 Å². The van der Waals surface area contributed by atoms with Crippen LogP contribution in [0.25, 0.3) is 0 Å². The van der Waals surface area contributed by atoms with E-state index < -0.39 is 5.67 Å². The van der Waals surface area contributed by atoms with Crippen molar-refractivity contribution in [1.82, 2.24) is 0 Å². The lowest BCUT2D eigenvalue weighted by Gasteiger charge is -2.53. The number of halogens is 1. The smallest absolute Gasteiger partial charge is 0.178 e. The molecule has 0 amide bonds. The molecule has 0 N–H and O–H groups in total. The number of hydrogen-bond donors (Lipinski definition) is 0. The van der Waals surface area contributed by atoms with Crippen LogP contribution in [0.3, 0.4) is 0 Å². The largest absolute Gasteiger partial charge is 0.299 e. The van der Waals surface area contributed by atoms with Gasteiger partial charge in [0.2, 0.25) is 0 Å². The van der Waals surface area contributed by atoms with Gasteiger partial charge in [0.25, 0.3) is 0 Å². The second-order valence-corrected chi connectivity index (χ2v) is 7.51. The van der Waals surface area contributed by atoms with Crippen molar-refractivity contribution in [3.63, 3.8) is 0 Å². The maximum Gasteiger partial charge on any atom is 0.178 e. The number of ketones is 2. The van der Waals surface area contributed by atoms with Gasteiger partial charge in [-0.3, -0.25) is 9.59 Å². The number of Topliss-reactive ketones (excluding diaryl/α,β-unsaturated/α-hetero) is 1. The molecule has 0 bridgehead atoms. The molecule has 0 aromatic heterocycles. The van der Waals surface area contributed by atoms with Gasteiger partial charge in [-0.25, -0.2) is 4.39 Å². The predicted molar refractivity (Wildman–Crippen MR) is 77.4 cm³/mol. The molecular formula is C18H21FO2. The first-order valence-corrected chi connectivity index (χ1v) is 8.11. The highest BCUT2D eigenvalue weighted by molar-refractivity contribution is 6.01. The number of allylic oxidation sites excluding steroid dienone is 4. The highest BCUT2D eigenvalue weighted by Crippen LogP contribution is 2.61. The Bertz CT molecular complexity index is 590. The number of rotatable bonds is 0. The average molecular weight is 288 g/mol. The summed E-state index contributed by atoms with van der Waals surface area (Å²) < 4.78 is 15.6. The van der Waals surface area contributed by atoms with Crippen LogP contribution in [0.15, 0.2) is 23.8 Å². The number of fused-ring (bicyclic) bond motifs is 5. The van der Waals surface area contributed by atoms with E-state index in [1.165, 1.54) is 18.2 Å². The zero-order valence-corrected chi connectivity index (χ0v) is 12.4. The lowest BCUT2D eigenvalue weighted by molar-refractivity contribution is -0.132. The molecule has 0 aromatic rings. The highest BCUT2D eigenvalue weighted by Gasteiger charge is 2.60. The Balaban J connectivity index is 1.72. The van der Waals surface area contributed by atoms with Gasteiger partial charge in [0.05, 0.1) is 0 Å². The van der Waals surface area contributed by atoms with Crippen molar-refractivity contribution in [2.45, 2.75) is 51.1 Å². The van der Waals surface area contributed by atoms with Crippen molar-refractivity contribution >= 4 is 11.6 Å². The zero-order valence-electron chi connectivity index (χ0n) is 12.4. The molecule has 3 fully saturated rings. The third-order valence-electron chi connectivity index (χ3n) is 6.73. The topological polar surface area (TPSA) is 34.1 Å². The molecule has 0 spiro atoms. The van der Waals surface area contributed by atoms with Crippen LogP contribution in [0.4, 0.5) is 4.39 Å². The van der Waals surface area contributed by atoms with Crippen LogP contribution in [0.2, 0.25) is 0 Å². The fourth-order valence-electron chi connectivity index (χ4n) is 5.57. The van der Waals surface area contributed by atoms with Crippen LogP contribution >= 0.6 is 0 Å². The van der Waals surface area contributed by atoms with Gasteiger partial charge < -0.3 is 0 Å². The van der Waals surface area contributed by atoms with Crippen LogP contribution < -0.4 is 0 Å². The number of carbonyl (C=O) groups is 2. The molecule has 4 aliphatic carbocycles. The molecular weight excluding hydrogens is 267 g/mol. The van der Waals surface area contributed by atoms with Crippen LogP contribution in [0, 0.1) is 23.2 Å². The predicted octanol–water partition coefficient (Wildman–Crippen LogP) is 3.57. The fraction of sp³-hybridized carbons (Fsp3) is 0.667. The Morgan fingerprint density at radius 2 is 1.95 bits per heavy atom. The molecule has 0 heterocycles. The van der Waals surface area contributed by atoms with Gasteiger partial charge in [0, 0.05) is 17.8 Å². The molecule has 3 saturated carbocycles. The van der Waals surface area contributed by atoms with Crippen LogP contribution in [0.1, 0.15) is 45.4 Å². The van der Waals surface area contributed by atoms with Gasteiger partial charge >= 0.3 is 0 Å². The third kappa shape index (κ3) is 1.63. The Kier molecular flexibility index (Phi) is 2.65. The maximum atomic E-state index is 15.6. The second-order valence-electron chi connectivity index (χ2n) is 7.51. The molecule has 4 aliphatic rings. The number of carbonyl (C=O) groups excluding carboxylic acids is 2. The molecule has 3 heteroatoms. The average Bonchev–Trinajstić information content (AvgIpc) is 2.76. The molecule has 0 radical (unpaired) electrons. The van der Waals surface area contributed by atoms with Gasteiger partial charge in [0.1, 0.15) is 5.78 Å². The van der Waals surface area contributed by atoms with Crippen molar-refractivity contribution in [2.24, 2.45) is 23.2 Å². The quantitative estimate of drug-likeness (QED) is 0.683. The van der Waals surface area contributed by atoms with Gasteiger partial charge in [-0.15, -0.1) is 0 Å². The number of hydrogen-bond acceptors (Lipinski definition) is 2. The Labute approximate surface area is 124 Å². The summed E-state index contributed by atoms with van der Waals surface area (Å²) in [5.74, 6) is 0.868. The summed E-state index contributed by atoms with van der Waals surface area (Å²) in [6, 6.07) is 0. The minimum Gasteiger partial charge on any atom is -0.299 e. The van der Waals surface area contributed by atoms with Gasteiger partial charge in [-0.1, -0.05) is 6.92 Å². The molecule has 0 aliphatic heterocycles. The standard InChI is InChI=1S/C18H21FO2/c1-17-8-7-15-13(14(17)4-5-16(17)21)3-2-11-10-12(20)6-9-18(11,15)19/h6,9-10,13-15H,2-5,7-8H2,1H3/t13-,14-,15-,17-,18+/m0/s1. The van der Waals surface area contributed by atoms with Crippen LogP contribution in [0.5, 0.6) is 0 Å². The molecule has 5 atom stereocenters. The summed E-state index contributed by atoms with van der Waals surface area (Å²) in [5.41, 5.74) is -0.985. The normalized spacial score (nSPS) is 48.5. The maximum absolute atomic E-state index is 15.6. The summed E-state index contributed by atoms with van der Waals surface area (Å²) >= 11 is 0. The van der Waals surface area contributed by atoms with E-state index in [0.717, 1.165) is 25.7 Å². The van der Waals surface area contributed by atoms with E-state index in [-0.39, 0.29) is 23.0 Å². The van der Waals surface area contributed by atoms with E-state index in [0.29, 0.717) is 30.1 Å². The summed E-state index contributed by atoms with van der Waals surface area (Å²) in [4.78, 5) is 23.8. The summed E-state index contributed by atoms with van der Waals surface area (Å²) in [7, 11) is 0. The van der Waals surface area contributed by atoms with E-state index in [1.807, 2.05) is 0 Å². The lowest BCUT2D eigenvalue weighted by Crippen LogP contribution is -2.52. The van der Waals surface area contributed by atoms with Crippen LogP contribution in [-0.2, 0) is 9.59 Å². The highest BCUT2D eigenvalue weighted by atomic mass is 19.1. The third-order valence-corrected chi connectivity index (χ3v) is 6.73. The minimum absolute atomic E-state index is 0.0502. The fourth-order valence-corrected chi connectivity index (χ4v) is 5.57. The first-order chi connectivity index (χ1) is 9.95. The Hall–Kier alpha value is -1.25. The summed E-state index contributed by atoms with van der Waals surface area (Å²) in [6.07, 6.45) is 9.14. The second kappa shape index (κ2) is 4.15. The first kappa shape index (κ1) is 13.4. The van der Waals surface area contributed by atoms with Crippen molar-refractivity contribution < 1.29 is 14.0 Å². The van der Waals surface area contributed by atoms with E-state index >= 15 is 4.39 Å². The molecule has 21 heavy (non-hydrogen) atoms. The number of alkyl halides is 1.